The molecule has 4 amide bonds. The first-order valence-electron chi connectivity index (χ1n) is 13.6. The molecular formula is C27H42N4O6. The van der Waals surface area contributed by atoms with E-state index in [1.165, 1.54) is 14.1 Å². The van der Waals surface area contributed by atoms with Gasteiger partial charge in [-0.3, -0.25) is 33.3 Å². The fraction of sp³-hybridized carbons (Fsp3) is 0.667. The van der Waals surface area contributed by atoms with Crippen LogP contribution in [0.4, 0.5) is 4.79 Å². The van der Waals surface area contributed by atoms with Crippen LogP contribution in [0, 0.1) is 0 Å². The number of aromatic hydroxyl groups is 1. The molecule has 0 saturated carbocycles. The molecule has 0 bridgehead atoms. The Bertz CT molecular complexity index is 1120. The molecule has 0 spiro atoms. The van der Waals surface area contributed by atoms with Crippen LogP contribution in [0.25, 0.3) is 6.08 Å². The largest absolute Gasteiger partial charge is 0.494 e. The normalized spacial score (nSPS) is 15.4. The molecule has 1 aromatic heterocycles. The summed E-state index contributed by atoms with van der Waals surface area (Å²) in [6.45, 7) is 4.56. The van der Waals surface area contributed by atoms with Crippen LogP contribution in [0.1, 0.15) is 96.5 Å². The maximum absolute atomic E-state index is 13.2. The number of hydrogen-bond donors (Lipinski definition) is 1. The summed E-state index contributed by atoms with van der Waals surface area (Å²) in [4.78, 5) is 66.3. The van der Waals surface area contributed by atoms with Crippen LogP contribution in [0.3, 0.4) is 0 Å². The van der Waals surface area contributed by atoms with Crippen molar-refractivity contribution in [2.45, 2.75) is 97.4 Å². The van der Waals surface area contributed by atoms with Crippen molar-refractivity contribution in [1.82, 2.24) is 18.9 Å². The molecule has 0 atom stereocenters. The lowest BCUT2D eigenvalue weighted by Gasteiger charge is -2.31. The zero-order valence-electron chi connectivity index (χ0n) is 22.8. The number of carbonyl (C=O) groups excluding carboxylic acids is 3. The lowest BCUT2D eigenvalue weighted by atomic mass is 10.1. The molecule has 1 aromatic rings. The lowest BCUT2D eigenvalue weighted by molar-refractivity contribution is -0.135. The van der Waals surface area contributed by atoms with Gasteiger partial charge in [-0.2, -0.15) is 0 Å². The standard InChI is InChI=1S/C27H42N4O6/c1-5-7-9-11-13-15-17-30-24(34)20(22(32)28(3)26(30)36)19-21-23(33)29(4)27(37)31(25(21)35)18-16-14-12-10-8-6-2/h19,32H,5-18H2,1-4H3. The summed E-state index contributed by atoms with van der Waals surface area (Å²) in [5, 5.41) is 10.6. The number of amides is 4. The summed E-state index contributed by atoms with van der Waals surface area (Å²) < 4.78 is 1.94. The molecule has 10 heteroatoms. The summed E-state index contributed by atoms with van der Waals surface area (Å²) in [5.74, 6) is -2.30. The van der Waals surface area contributed by atoms with Crippen molar-refractivity contribution in [3.8, 4) is 5.88 Å². The Morgan fingerprint density at radius 1 is 0.703 bits per heavy atom. The highest BCUT2D eigenvalue weighted by Gasteiger charge is 2.40. The Morgan fingerprint density at radius 2 is 1.22 bits per heavy atom. The third-order valence-corrected chi connectivity index (χ3v) is 6.84. The summed E-state index contributed by atoms with van der Waals surface area (Å²) >= 11 is 0. The van der Waals surface area contributed by atoms with Gasteiger partial charge in [-0.05, 0) is 18.9 Å². The SMILES string of the molecule is CCCCCCCCN1C(=O)C(=Cc2c(O)n(C)c(=O)n(CCCCCCCC)c2=O)C(=O)N(C)C1=O. The molecule has 37 heavy (non-hydrogen) atoms. The van der Waals surface area contributed by atoms with Gasteiger partial charge in [0.2, 0.25) is 5.88 Å². The minimum absolute atomic E-state index is 0.153. The van der Waals surface area contributed by atoms with Crippen molar-refractivity contribution >= 4 is 23.9 Å². The van der Waals surface area contributed by atoms with E-state index >= 15 is 0 Å². The number of rotatable bonds is 15. The van der Waals surface area contributed by atoms with E-state index in [0.29, 0.717) is 12.8 Å². The minimum atomic E-state index is -0.857. The molecular weight excluding hydrogens is 476 g/mol. The van der Waals surface area contributed by atoms with Crippen LogP contribution >= 0.6 is 0 Å². The third kappa shape index (κ3) is 7.42. The Kier molecular flexibility index (Phi) is 11.8. The second-order valence-electron chi connectivity index (χ2n) is 9.73. The number of imide groups is 2. The van der Waals surface area contributed by atoms with Gasteiger partial charge in [0.1, 0.15) is 11.1 Å². The molecule has 1 aliphatic rings. The fourth-order valence-electron chi connectivity index (χ4n) is 4.44. The Labute approximate surface area is 218 Å². The number of likely N-dealkylation sites (N-methyl/N-ethyl adjacent to an activating group) is 1. The van der Waals surface area contributed by atoms with Gasteiger partial charge >= 0.3 is 11.7 Å². The van der Waals surface area contributed by atoms with E-state index in [-0.39, 0.29) is 18.7 Å². The zero-order chi connectivity index (χ0) is 27.5. The van der Waals surface area contributed by atoms with E-state index in [1.807, 2.05) is 0 Å². The Hall–Kier alpha value is -3.17. The molecule has 2 rings (SSSR count). The number of carbonyl (C=O) groups is 3. The third-order valence-electron chi connectivity index (χ3n) is 6.84. The smallest absolute Gasteiger partial charge is 0.333 e. The van der Waals surface area contributed by atoms with Crippen LogP contribution < -0.4 is 11.2 Å². The second kappa shape index (κ2) is 14.5. The van der Waals surface area contributed by atoms with Crippen molar-refractivity contribution < 1.29 is 19.5 Å². The fourth-order valence-corrected chi connectivity index (χ4v) is 4.44. The number of urea groups is 1. The van der Waals surface area contributed by atoms with Crippen LogP contribution in [-0.2, 0) is 23.2 Å². The molecule has 0 aromatic carbocycles. The highest BCUT2D eigenvalue weighted by molar-refractivity contribution is 6.30. The summed E-state index contributed by atoms with van der Waals surface area (Å²) in [6, 6.07) is -0.717. The first-order valence-corrected chi connectivity index (χ1v) is 13.6. The van der Waals surface area contributed by atoms with E-state index in [9.17, 15) is 29.1 Å². The van der Waals surface area contributed by atoms with Gasteiger partial charge in [-0.15, -0.1) is 0 Å². The van der Waals surface area contributed by atoms with Crippen LogP contribution in [0.5, 0.6) is 5.88 Å². The summed E-state index contributed by atoms with van der Waals surface area (Å²) in [6.07, 6.45) is 12.6. The zero-order valence-corrected chi connectivity index (χ0v) is 22.8. The van der Waals surface area contributed by atoms with E-state index in [2.05, 4.69) is 13.8 Å². The van der Waals surface area contributed by atoms with Crippen molar-refractivity contribution in [3.05, 3.63) is 32.0 Å². The van der Waals surface area contributed by atoms with E-state index in [4.69, 9.17) is 0 Å². The molecule has 1 N–H and O–H groups in total. The molecule has 0 unspecified atom stereocenters. The quantitative estimate of drug-likeness (QED) is 0.214. The van der Waals surface area contributed by atoms with Crippen LogP contribution in [-0.4, -0.2) is 55.5 Å². The monoisotopic (exact) mass is 518 g/mol. The lowest BCUT2D eigenvalue weighted by Crippen LogP contribution is -2.55. The Morgan fingerprint density at radius 3 is 1.78 bits per heavy atom. The van der Waals surface area contributed by atoms with Gasteiger partial charge in [0.25, 0.3) is 17.4 Å². The number of hydrogen-bond acceptors (Lipinski definition) is 6. The van der Waals surface area contributed by atoms with Crippen LogP contribution in [0.2, 0.25) is 0 Å². The van der Waals surface area contributed by atoms with E-state index < -0.39 is 40.5 Å². The van der Waals surface area contributed by atoms with Crippen molar-refractivity contribution in [2.24, 2.45) is 7.05 Å². The number of aromatic nitrogens is 2. The molecule has 1 saturated heterocycles. The van der Waals surface area contributed by atoms with Gasteiger partial charge in [-0.1, -0.05) is 78.1 Å². The molecule has 0 aliphatic carbocycles. The number of unbranched alkanes of at least 4 members (excludes halogenated alkanes) is 10. The van der Waals surface area contributed by atoms with Crippen LogP contribution in [0.15, 0.2) is 15.2 Å². The van der Waals surface area contributed by atoms with Gasteiger partial charge < -0.3 is 5.11 Å². The minimum Gasteiger partial charge on any atom is -0.494 e. The number of nitrogens with zero attached hydrogens (tertiary/aromatic N) is 4. The van der Waals surface area contributed by atoms with Gasteiger partial charge in [0.15, 0.2) is 0 Å². The predicted molar refractivity (Wildman–Crippen MR) is 142 cm³/mol. The highest BCUT2D eigenvalue weighted by Crippen LogP contribution is 2.22. The molecule has 10 nitrogen and oxygen atoms in total. The first kappa shape index (κ1) is 30.1. The topological polar surface area (TPSA) is 122 Å². The van der Waals surface area contributed by atoms with E-state index in [1.54, 1.807) is 0 Å². The van der Waals surface area contributed by atoms with Gasteiger partial charge in [-0.25, -0.2) is 9.59 Å². The first-order chi connectivity index (χ1) is 17.7. The van der Waals surface area contributed by atoms with Gasteiger partial charge in [0.05, 0.1) is 0 Å². The average Bonchev–Trinajstić information content (AvgIpc) is 2.88. The maximum Gasteiger partial charge on any atom is 0.333 e. The predicted octanol–water partition coefficient (Wildman–Crippen LogP) is 3.78. The number of barbiturate groups is 1. The van der Waals surface area contributed by atoms with Crippen molar-refractivity contribution in [3.63, 3.8) is 0 Å². The van der Waals surface area contributed by atoms with Crippen molar-refractivity contribution in [1.29, 1.82) is 0 Å². The molecule has 206 valence electrons. The maximum atomic E-state index is 13.2. The summed E-state index contributed by atoms with van der Waals surface area (Å²) in [7, 11) is 2.60. The highest BCUT2D eigenvalue weighted by atomic mass is 16.3. The Balaban J connectivity index is 2.31. The molecule has 1 aliphatic heterocycles. The van der Waals surface area contributed by atoms with Crippen molar-refractivity contribution in [2.75, 3.05) is 13.6 Å². The molecule has 1 fully saturated rings. The van der Waals surface area contributed by atoms with E-state index in [0.717, 1.165) is 89.2 Å². The van der Waals surface area contributed by atoms with Gasteiger partial charge in [0, 0.05) is 27.2 Å². The average molecular weight is 519 g/mol. The second-order valence-corrected chi connectivity index (χ2v) is 9.73. The molecule has 2 heterocycles. The summed E-state index contributed by atoms with van der Waals surface area (Å²) in [5.41, 5.74) is -2.17. The molecule has 0 radical (unpaired) electrons.